The minimum Gasteiger partial charge on any atom is -0.326 e. The van der Waals surface area contributed by atoms with Gasteiger partial charge in [0, 0.05) is 12.1 Å². The molecule has 1 aliphatic heterocycles. The molecule has 1 fully saturated rings. The standard InChI is InChI=1S/C16H21F3N2O.ClH/c1-11(12-4-3-7-20-10-12)8-15(22)21-14-6-2-5-13(9-14)16(17,18)19;/h2,5-6,9,11-12,20H,3-4,7-8,10H2,1H3,(H,21,22);1H. The summed E-state index contributed by atoms with van der Waals surface area (Å²) >= 11 is 0. The van der Waals surface area contributed by atoms with Gasteiger partial charge < -0.3 is 10.6 Å². The first-order chi connectivity index (χ1) is 10.4. The Kier molecular flexibility index (Phi) is 7.35. The molecule has 0 aromatic heterocycles. The number of alkyl halides is 3. The van der Waals surface area contributed by atoms with Crippen LogP contribution in [-0.4, -0.2) is 19.0 Å². The van der Waals surface area contributed by atoms with Gasteiger partial charge >= 0.3 is 6.18 Å². The molecule has 1 aliphatic rings. The minimum absolute atomic E-state index is 0. The first-order valence-electron chi connectivity index (χ1n) is 7.54. The number of anilines is 1. The number of benzene rings is 1. The summed E-state index contributed by atoms with van der Waals surface area (Å²) in [6, 6.07) is 4.73. The molecule has 0 saturated carbocycles. The average molecular weight is 351 g/mol. The second-order valence-electron chi connectivity index (χ2n) is 5.91. The molecule has 1 amide bonds. The van der Waals surface area contributed by atoms with Crippen LogP contribution < -0.4 is 10.6 Å². The maximum absolute atomic E-state index is 12.6. The van der Waals surface area contributed by atoms with Crippen molar-refractivity contribution in [3.8, 4) is 0 Å². The number of rotatable bonds is 4. The molecule has 7 heteroatoms. The molecular formula is C16H22ClF3N2O. The first-order valence-corrected chi connectivity index (χ1v) is 7.54. The van der Waals surface area contributed by atoms with Gasteiger partial charge in [-0.05, 0) is 56.0 Å². The third-order valence-electron chi connectivity index (χ3n) is 4.12. The Labute approximate surface area is 140 Å². The third-order valence-corrected chi connectivity index (χ3v) is 4.12. The lowest BCUT2D eigenvalue weighted by Gasteiger charge is -2.28. The highest BCUT2D eigenvalue weighted by Gasteiger charge is 2.30. The Hall–Kier alpha value is -1.27. The van der Waals surface area contributed by atoms with Crippen molar-refractivity contribution in [1.29, 1.82) is 0 Å². The van der Waals surface area contributed by atoms with Gasteiger partial charge in [-0.1, -0.05) is 13.0 Å². The van der Waals surface area contributed by atoms with E-state index in [2.05, 4.69) is 10.6 Å². The van der Waals surface area contributed by atoms with E-state index in [-0.39, 0.29) is 29.9 Å². The highest BCUT2D eigenvalue weighted by atomic mass is 35.5. The van der Waals surface area contributed by atoms with E-state index >= 15 is 0 Å². The van der Waals surface area contributed by atoms with Gasteiger partial charge in [-0.15, -0.1) is 12.4 Å². The van der Waals surface area contributed by atoms with Gasteiger partial charge in [-0.2, -0.15) is 13.2 Å². The number of piperidine rings is 1. The Morgan fingerprint density at radius 2 is 2.17 bits per heavy atom. The number of amides is 1. The van der Waals surface area contributed by atoms with E-state index in [1.165, 1.54) is 12.1 Å². The van der Waals surface area contributed by atoms with E-state index in [9.17, 15) is 18.0 Å². The lowest BCUT2D eigenvalue weighted by molar-refractivity contribution is -0.137. The Balaban J connectivity index is 0.00000264. The molecule has 2 atom stereocenters. The molecule has 0 bridgehead atoms. The summed E-state index contributed by atoms with van der Waals surface area (Å²) in [7, 11) is 0. The predicted octanol–water partition coefficient (Wildman–Crippen LogP) is 4.09. The highest BCUT2D eigenvalue weighted by Crippen LogP contribution is 2.31. The van der Waals surface area contributed by atoms with Crippen molar-refractivity contribution in [2.45, 2.75) is 32.4 Å². The molecule has 2 unspecified atom stereocenters. The number of carbonyl (C=O) groups excluding carboxylic acids is 1. The molecule has 1 aromatic rings. The minimum atomic E-state index is -4.40. The number of hydrogen-bond acceptors (Lipinski definition) is 2. The fraction of sp³-hybridized carbons (Fsp3) is 0.562. The van der Waals surface area contributed by atoms with E-state index in [0.717, 1.165) is 38.1 Å². The maximum Gasteiger partial charge on any atom is 0.416 e. The number of carbonyl (C=O) groups is 1. The number of halogens is 4. The Morgan fingerprint density at radius 3 is 2.78 bits per heavy atom. The van der Waals surface area contributed by atoms with Crippen LogP contribution in [0.1, 0.15) is 31.7 Å². The van der Waals surface area contributed by atoms with Gasteiger partial charge in [0.05, 0.1) is 5.56 Å². The molecule has 1 saturated heterocycles. The van der Waals surface area contributed by atoms with Crippen LogP contribution in [0.4, 0.5) is 18.9 Å². The smallest absolute Gasteiger partial charge is 0.326 e. The van der Waals surface area contributed by atoms with E-state index in [0.29, 0.717) is 12.3 Å². The molecule has 23 heavy (non-hydrogen) atoms. The molecular weight excluding hydrogens is 329 g/mol. The Morgan fingerprint density at radius 1 is 1.43 bits per heavy atom. The second kappa shape index (κ2) is 8.55. The highest BCUT2D eigenvalue weighted by molar-refractivity contribution is 5.90. The van der Waals surface area contributed by atoms with Crippen LogP contribution in [0, 0.1) is 11.8 Å². The molecule has 1 aromatic carbocycles. The van der Waals surface area contributed by atoms with E-state index < -0.39 is 11.7 Å². The van der Waals surface area contributed by atoms with Crippen LogP contribution >= 0.6 is 12.4 Å². The van der Waals surface area contributed by atoms with Gasteiger partial charge in [0.15, 0.2) is 0 Å². The van der Waals surface area contributed by atoms with E-state index in [1.54, 1.807) is 0 Å². The number of hydrogen-bond donors (Lipinski definition) is 2. The molecule has 3 nitrogen and oxygen atoms in total. The summed E-state index contributed by atoms with van der Waals surface area (Å²) in [4.78, 5) is 12.0. The van der Waals surface area contributed by atoms with Crippen molar-refractivity contribution in [3.05, 3.63) is 29.8 Å². The van der Waals surface area contributed by atoms with Crippen molar-refractivity contribution >= 4 is 24.0 Å². The maximum atomic E-state index is 12.6. The summed E-state index contributed by atoms with van der Waals surface area (Å²) in [5.41, 5.74) is -0.566. The van der Waals surface area contributed by atoms with Gasteiger partial charge in [-0.3, -0.25) is 4.79 Å². The lowest BCUT2D eigenvalue weighted by atomic mass is 9.85. The van der Waals surface area contributed by atoms with Gasteiger partial charge in [0.25, 0.3) is 0 Å². The van der Waals surface area contributed by atoms with Crippen LogP contribution in [0.15, 0.2) is 24.3 Å². The third kappa shape index (κ3) is 6.03. The zero-order chi connectivity index (χ0) is 16.2. The van der Waals surface area contributed by atoms with Crippen molar-refractivity contribution in [3.63, 3.8) is 0 Å². The quantitative estimate of drug-likeness (QED) is 0.858. The SMILES string of the molecule is CC(CC(=O)Nc1cccc(C(F)(F)F)c1)C1CCCNC1.Cl. The fourth-order valence-corrected chi connectivity index (χ4v) is 2.81. The van der Waals surface area contributed by atoms with Crippen LogP contribution in [-0.2, 0) is 11.0 Å². The summed E-state index contributed by atoms with van der Waals surface area (Å²) < 4.78 is 37.9. The topological polar surface area (TPSA) is 41.1 Å². The first kappa shape index (κ1) is 19.8. The summed E-state index contributed by atoms with van der Waals surface area (Å²) in [5, 5.41) is 5.87. The molecule has 1 heterocycles. The van der Waals surface area contributed by atoms with Crippen LogP contribution in [0.5, 0.6) is 0 Å². The van der Waals surface area contributed by atoms with E-state index in [4.69, 9.17) is 0 Å². The van der Waals surface area contributed by atoms with Crippen LogP contribution in [0.2, 0.25) is 0 Å². The summed E-state index contributed by atoms with van der Waals surface area (Å²) in [5.74, 6) is 0.414. The fourth-order valence-electron chi connectivity index (χ4n) is 2.81. The molecule has 0 aliphatic carbocycles. The second-order valence-corrected chi connectivity index (χ2v) is 5.91. The zero-order valence-corrected chi connectivity index (χ0v) is 13.8. The van der Waals surface area contributed by atoms with Gasteiger partial charge in [-0.25, -0.2) is 0 Å². The predicted molar refractivity (Wildman–Crippen MR) is 86.7 cm³/mol. The largest absolute Gasteiger partial charge is 0.416 e. The Bertz CT molecular complexity index is 516. The average Bonchev–Trinajstić information content (AvgIpc) is 2.47. The van der Waals surface area contributed by atoms with Crippen molar-refractivity contribution in [2.24, 2.45) is 11.8 Å². The molecule has 0 spiro atoms. The van der Waals surface area contributed by atoms with Crippen LogP contribution in [0.25, 0.3) is 0 Å². The molecule has 2 N–H and O–H groups in total. The zero-order valence-electron chi connectivity index (χ0n) is 13.0. The van der Waals surface area contributed by atoms with Crippen LogP contribution in [0.3, 0.4) is 0 Å². The molecule has 2 rings (SSSR count). The van der Waals surface area contributed by atoms with E-state index in [1.807, 2.05) is 6.92 Å². The van der Waals surface area contributed by atoms with Gasteiger partial charge in [0.2, 0.25) is 5.91 Å². The molecule has 130 valence electrons. The monoisotopic (exact) mass is 350 g/mol. The summed E-state index contributed by atoms with van der Waals surface area (Å²) in [6.07, 6.45) is -1.89. The van der Waals surface area contributed by atoms with Crippen molar-refractivity contribution < 1.29 is 18.0 Å². The van der Waals surface area contributed by atoms with Crippen molar-refractivity contribution in [1.82, 2.24) is 5.32 Å². The molecule has 0 radical (unpaired) electrons. The normalized spacial score (nSPS) is 19.6. The number of nitrogens with one attached hydrogen (secondary N) is 2. The van der Waals surface area contributed by atoms with Crippen molar-refractivity contribution in [2.75, 3.05) is 18.4 Å². The van der Waals surface area contributed by atoms with Gasteiger partial charge in [0.1, 0.15) is 0 Å². The summed E-state index contributed by atoms with van der Waals surface area (Å²) in [6.45, 7) is 3.93. The lowest BCUT2D eigenvalue weighted by Crippen LogP contribution is -2.34.